The molecule has 4 rings (SSSR count). The second-order valence-corrected chi connectivity index (χ2v) is 8.13. The van der Waals surface area contributed by atoms with Crippen molar-refractivity contribution in [1.82, 2.24) is 5.32 Å². The van der Waals surface area contributed by atoms with Crippen LogP contribution in [0.25, 0.3) is 11.1 Å². The molecule has 1 amide bonds. The SMILES string of the molecule is O=C(NCC(O)C(O)c1ccc(C(=O)O)cc1C(=O)O)OCC1c2ccccc2-c2ccccc21. The number of hydrogen-bond donors (Lipinski definition) is 5. The predicted octanol–water partition coefficient (Wildman–Crippen LogP) is 3.02. The minimum Gasteiger partial charge on any atom is -0.478 e. The van der Waals surface area contributed by atoms with Gasteiger partial charge < -0.3 is 30.5 Å². The van der Waals surface area contributed by atoms with Crippen molar-refractivity contribution < 1.29 is 39.5 Å². The van der Waals surface area contributed by atoms with Crippen molar-refractivity contribution in [3.8, 4) is 11.1 Å². The molecule has 180 valence electrons. The lowest BCUT2D eigenvalue weighted by Gasteiger charge is -2.21. The average Bonchev–Trinajstić information content (AvgIpc) is 3.18. The van der Waals surface area contributed by atoms with Gasteiger partial charge in [-0.2, -0.15) is 0 Å². The van der Waals surface area contributed by atoms with Crippen LogP contribution in [0.5, 0.6) is 0 Å². The number of alkyl carbamates (subject to hydrolysis) is 1. The summed E-state index contributed by atoms with van der Waals surface area (Å²) in [5.41, 5.74) is 3.34. The maximum Gasteiger partial charge on any atom is 0.407 e. The number of fused-ring (bicyclic) bond motifs is 3. The van der Waals surface area contributed by atoms with Crippen molar-refractivity contribution in [3.05, 3.63) is 94.5 Å². The van der Waals surface area contributed by atoms with Crippen LogP contribution in [0.3, 0.4) is 0 Å². The van der Waals surface area contributed by atoms with E-state index in [1.165, 1.54) is 0 Å². The molecule has 0 saturated heterocycles. The van der Waals surface area contributed by atoms with Crippen LogP contribution in [0.4, 0.5) is 4.79 Å². The highest BCUT2D eigenvalue weighted by Gasteiger charge is 2.29. The Morgan fingerprint density at radius 3 is 2.03 bits per heavy atom. The number of carboxylic acid groups (broad SMARTS) is 2. The van der Waals surface area contributed by atoms with Crippen LogP contribution in [0.2, 0.25) is 0 Å². The Balaban J connectivity index is 1.37. The highest BCUT2D eigenvalue weighted by Crippen LogP contribution is 2.44. The number of nitrogens with one attached hydrogen (secondary N) is 1. The van der Waals surface area contributed by atoms with Crippen molar-refractivity contribution in [3.63, 3.8) is 0 Å². The van der Waals surface area contributed by atoms with Gasteiger partial charge in [-0.15, -0.1) is 0 Å². The number of carboxylic acids is 2. The van der Waals surface area contributed by atoms with Gasteiger partial charge in [0.05, 0.1) is 11.1 Å². The Bertz CT molecular complexity index is 1240. The van der Waals surface area contributed by atoms with Gasteiger partial charge in [0, 0.05) is 12.5 Å². The number of hydrogen-bond acceptors (Lipinski definition) is 6. The maximum absolute atomic E-state index is 12.3. The molecule has 2 atom stereocenters. The molecule has 35 heavy (non-hydrogen) atoms. The van der Waals surface area contributed by atoms with Gasteiger partial charge in [-0.1, -0.05) is 54.6 Å². The van der Waals surface area contributed by atoms with Gasteiger partial charge in [-0.05, 0) is 39.9 Å². The lowest BCUT2D eigenvalue weighted by molar-refractivity contribution is 0.0175. The number of ether oxygens (including phenoxy) is 1. The highest BCUT2D eigenvalue weighted by molar-refractivity contribution is 5.95. The van der Waals surface area contributed by atoms with Gasteiger partial charge in [0.15, 0.2) is 0 Å². The predicted molar refractivity (Wildman–Crippen MR) is 124 cm³/mol. The molecule has 5 N–H and O–H groups in total. The van der Waals surface area contributed by atoms with Crippen LogP contribution in [0.15, 0.2) is 66.7 Å². The topological polar surface area (TPSA) is 153 Å². The lowest BCUT2D eigenvalue weighted by Crippen LogP contribution is -2.36. The fraction of sp³-hybridized carbons (Fsp3) is 0.192. The summed E-state index contributed by atoms with van der Waals surface area (Å²) in [6, 6.07) is 18.9. The van der Waals surface area contributed by atoms with E-state index in [4.69, 9.17) is 9.84 Å². The van der Waals surface area contributed by atoms with Crippen molar-refractivity contribution in [1.29, 1.82) is 0 Å². The third-order valence-electron chi connectivity index (χ3n) is 6.01. The molecular weight excluding hydrogens is 454 g/mol. The smallest absolute Gasteiger partial charge is 0.407 e. The molecule has 1 aliphatic carbocycles. The molecule has 0 fully saturated rings. The summed E-state index contributed by atoms with van der Waals surface area (Å²) in [5, 5.41) is 41.5. The van der Waals surface area contributed by atoms with Crippen LogP contribution < -0.4 is 5.32 Å². The van der Waals surface area contributed by atoms with Gasteiger partial charge in [0.25, 0.3) is 0 Å². The van der Waals surface area contributed by atoms with E-state index in [1.807, 2.05) is 48.5 Å². The van der Waals surface area contributed by atoms with Crippen LogP contribution in [-0.2, 0) is 4.74 Å². The zero-order valence-electron chi connectivity index (χ0n) is 18.4. The van der Waals surface area contributed by atoms with E-state index < -0.39 is 42.3 Å². The van der Waals surface area contributed by atoms with Gasteiger partial charge in [-0.25, -0.2) is 14.4 Å². The molecule has 0 aromatic heterocycles. The second kappa shape index (κ2) is 9.96. The number of amides is 1. The number of aliphatic hydroxyl groups is 2. The largest absolute Gasteiger partial charge is 0.478 e. The Kier molecular flexibility index (Phi) is 6.81. The summed E-state index contributed by atoms with van der Waals surface area (Å²) in [6.45, 7) is -0.351. The molecule has 0 bridgehead atoms. The fourth-order valence-electron chi connectivity index (χ4n) is 4.29. The van der Waals surface area contributed by atoms with E-state index >= 15 is 0 Å². The van der Waals surface area contributed by atoms with E-state index in [2.05, 4.69) is 5.32 Å². The second-order valence-electron chi connectivity index (χ2n) is 8.13. The summed E-state index contributed by atoms with van der Waals surface area (Å²) < 4.78 is 5.38. The molecule has 3 aromatic rings. The van der Waals surface area contributed by atoms with Crippen molar-refractivity contribution in [2.24, 2.45) is 0 Å². The number of carbonyl (C=O) groups excluding carboxylic acids is 1. The fourth-order valence-corrected chi connectivity index (χ4v) is 4.29. The molecule has 9 nitrogen and oxygen atoms in total. The molecule has 1 aliphatic rings. The minimum atomic E-state index is -1.68. The van der Waals surface area contributed by atoms with Crippen molar-refractivity contribution >= 4 is 18.0 Å². The summed E-state index contributed by atoms with van der Waals surface area (Å²) in [5.74, 6) is -2.93. The van der Waals surface area contributed by atoms with E-state index in [1.54, 1.807) is 0 Å². The number of carbonyl (C=O) groups is 3. The van der Waals surface area contributed by atoms with Crippen LogP contribution in [-0.4, -0.2) is 57.7 Å². The molecule has 0 aliphatic heterocycles. The van der Waals surface area contributed by atoms with Gasteiger partial charge in [0.1, 0.15) is 18.8 Å². The van der Waals surface area contributed by atoms with E-state index in [9.17, 15) is 29.7 Å². The van der Waals surface area contributed by atoms with E-state index in [0.717, 1.165) is 40.5 Å². The zero-order chi connectivity index (χ0) is 25.1. The molecule has 0 spiro atoms. The first-order valence-corrected chi connectivity index (χ1v) is 10.8. The maximum atomic E-state index is 12.3. The Morgan fingerprint density at radius 2 is 1.46 bits per heavy atom. The standard InChI is InChI=1S/C26H23NO8/c28-22(23(29)19-10-9-14(24(30)31)11-20(19)25(32)33)12-27-26(34)35-13-21-17-7-3-1-5-15(17)16-6-2-4-8-18(16)21/h1-11,21-23,28-29H,12-13H2,(H,27,34)(H,30,31)(H,32,33). The Labute approximate surface area is 200 Å². The molecule has 0 radical (unpaired) electrons. The number of aliphatic hydroxyl groups excluding tert-OH is 2. The lowest BCUT2D eigenvalue weighted by atomic mass is 9.96. The normalized spacial score (nSPS) is 13.9. The first kappa shape index (κ1) is 23.9. The average molecular weight is 477 g/mol. The van der Waals surface area contributed by atoms with Gasteiger partial charge >= 0.3 is 18.0 Å². The zero-order valence-corrected chi connectivity index (χ0v) is 18.4. The third-order valence-corrected chi connectivity index (χ3v) is 6.01. The highest BCUT2D eigenvalue weighted by atomic mass is 16.5. The summed E-state index contributed by atoms with van der Waals surface area (Å²) in [7, 11) is 0. The molecular formula is C26H23NO8. The summed E-state index contributed by atoms with van der Waals surface area (Å²) in [6.07, 6.45) is -4.06. The number of aromatic carboxylic acids is 2. The van der Waals surface area contributed by atoms with Gasteiger partial charge in [0.2, 0.25) is 0 Å². The molecule has 0 heterocycles. The number of benzene rings is 3. The van der Waals surface area contributed by atoms with Crippen LogP contribution in [0, 0.1) is 0 Å². The minimum absolute atomic E-state index is 0.0678. The Hall–Kier alpha value is -4.21. The van der Waals surface area contributed by atoms with E-state index in [0.29, 0.717) is 0 Å². The first-order valence-electron chi connectivity index (χ1n) is 10.8. The quantitative estimate of drug-likeness (QED) is 0.332. The first-order chi connectivity index (χ1) is 16.8. The molecule has 0 saturated carbocycles. The van der Waals surface area contributed by atoms with E-state index in [-0.39, 0.29) is 23.7 Å². The number of rotatable bonds is 8. The third kappa shape index (κ3) is 4.86. The molecule has 2 unspecified atom stereocenters. The van der Waals surface area contributed by atoms with Gasteiger partial charge in [-0.3, -0.25) is 0 Å². The molecule has 9 heteroatoms. The van der Waals surface area contributed by atoms with Crippen molar-refractivity contribution in [2.45, 2.75) is 18.1 Å². The summed E-state index contributed by atoms with van der Waals surface area (Å²) in [4.78, 5) is 34.9. The van der Waals surface area contributed by atoms with Crippen LogP contribution >= 0.6 is 0 Å². The van der Waals surface area contributed by atoms with Crippen LogP contribution in [0.1, 0.15) is 49.4 Å². The van der Waals surface area contributed by atoms with Crippen molar-refractivity contribution in [2.75, 3.05) is 13.2 Å². The molecule has 3 aromatic carbocycles. The summed E-state index contributed by atoms with van der Waals surface area (Å²) >= 11 is 0. The monoisotopic (exact) mass is 477 g/mol. The Morgan fingerprint density at radius 1 is 0.857 bits per heavy atom.